The summed E-state index contributed by atoms with van der Waals surface area (Å²) in [6, 6.07) is 5.56. The molecule has 1 amide bonds. The maximum atomic E-state index is 13.1. The number of aromatic nitrogens is 4. The molecule has 0 bridgehead atoms. The van der Waals surface area contributed by atoms with Gasteiger partial charge < -0.3 is 24.4 Å². The zero-order valence-corrected chi connectivity index (χ0v) is 22.8. The molecule has 0 aliphatic carbocycles. The van der Waals surface area contributed by atoms with E-state index in [0.29, 0.717) is 54.2 Å². The van der Waals surface area contributed by atoms with E-state index in [1.807, 2.05) is 37.1 Å². The quantitative estimate of drug-likeness (QED) is 0.229. The Hall–Kier alpha value is -4.23. The van der Waals surface area contributed by atoms with Crippen LogP contribution in [0.25, 0.3) is 11.4 Å². The number of hydrogen-bond donors (Lipinski definition) is 4. The van der Waals surface area contributed by atoms with E-state index in [2.05, 4.69) is 27.3 Å². The summed E-state index contributed by atoms with van der Waals surface area (Å²) in [4.78, 5) is 42.9. The second kappa shape index (κ2) is 11.9. The third-order valence-electron chi connectivity index (χ3n) is 7.05. The average Bonchev–Trinajstić information content (AvgIpc) is 3.29. The topological polar surface area (TPSA) is 158 Å². The SMILES string of the molecule is CCCC1NN(C)c2c1nc(-c1cc(OC3CCN(c4ncc(C(=O)NO)cn4)CC3)ccc1OCC)[nH]c2=O. The number of rotatable bonds is 9. The molecule has 0 radical (unpaired) electrons. The molecule has 1 unspecified atom stereocenters. The second-order valence-electron chi connectivity index (χ2n) is 9.79. The molecule has 0 spiro atoms. The molecule has 212 valence electrons. The molecule has 2 aliphatic heterocycles. The number of amides is 1. The minimum Gasteiger partial charge on any atom is -0.493 e. The summed E-state index contributed by atoms with van der Waals surface area (Å²) in [7, 11) is 1.83. The summed E-state index contributed by atoms with van der Waals surface area (Å²) < 4.78 is 12.2. The fourth-order valence-electron chi connectivity index (χ4n) is 5.11. The molecule has 1 saturated heterocycles. The zero-order valence-electron chi connectivity index (χ0n) is 22.8. The van der Waals surface area contributed by atoms with Crippen LogP contribution in [0.5, 0.6) is 11.5 Å². The molecule has 13 heteroatoms. The third kappa shape index (κ3) is 5.56. The molecule has 1 aromatic carbocycles. The summed E-state index contributed by atoms with van der Waals surface area (Å²) in [5.74, 6) is 1.59. The standard InChI is InChI=1S/C27H34N8O5/c1-4-6-20-22-23(34(3)32-20)26(37)31-24(30-22)19-13-18(7-8-21(19)39-5-2)40-17-9-11-35(12-10-17)27-28-14-16(15-29-27)25(36)33-38/h7-8,13-15,17,20,32,38H,4-6,9-12H2,1-3H3,(H,33,36)(H,30,31,37). The minimum atomic E-state index is -0.655. The second-order valence-corrected chi connectivity index (χ2v) is 9.79. The van der Waals surface area contributed by atoms with E-state index in [1.165, 1.54) is 12.4 Å². The summed E-state index contributed by atoms with van der Waals surface area (Å²) in [5.41, 5.74) is 6.81. The van der Waals surface area contributed by atoms with Gasteiger partial charge in [-0.15, -0.1) is 0 Å². The van der Waals surface area contributed by atoms with E-state index in [1.54, 1.807) is 10.5 Å². The van der Waals surface area contributed by atoms with Gasteiger partial charge in [-0.05, 0) is 31.5 Å². The van der Waals surface area contributed by atoms with Crippen molar-refractivity contribution in [1.82, 2.24) is 30.8 Å². The average molecular weight is 551 g/mol. The van der Waals surface area contributed by atoms with Crippen LogP contribution in [0.1, 0.15) is 61.6 Å². The van der Waals surface area contributed by atoms with Crippen molar-refractivity contribution in [3.8, 4) is 22.9 Å². The first-order chi connectivity index (χ1) is 19.4. The lowest BCUT2D eigenvalue weighted by Gasteiger charge is -2.32. The van der Waals surface area contributed by atoms with E-state index < -0.39 is 5.91 Å². The molecule has 4 heterocycles. The van der Waals surface area contributed by atoms with Gasteiger partial charge in [0, 0.05) is 45.4 Å². The maximum Gasteiger partial charge on any atom is 0.277 e. The Labute approximate surface area is 231 Å². The molecule has 1 fully saturated rings. The fourth-order valence-corrected chi connectivity index (χ4v) is 5.11. The number of H-pyrrole nitrogens is 1. The largest absolute Gasteiger partial charge is 0.493 e. The Balaban J connectivity index is 1.32. The number of hydroxylamine groups is 1. The Kier molecular flexibility index (Phi) is 8.12. The Morgan fingerprint density at radius 3 is 2.62 bits per heavy atom. The van der Waals surface area contributed by atoms with Crippen molar-refractivity contribution in [2.24, 2.45) is 0 Å². The summed E-state index contributed by atoms with van der Waals surface area (Å²) in [6.07, 6.45) is 6.05. The predicted octanol–water partition coefficient (Wildman–Crippen LogP) is 2.59. The highest BCUT2D eigenvalue weighted by atomic mass is 16.5. The number of nitrogens with one attached hydrogen (secondary N) is 3. The van der Waals surface area contributed by atoms with Crippen LogP contribution in [-0.2, 0) is 0 Å². The highest BCUT2D eigenvalue weighted by molar-refractivity contribution is 5.92. The Bertz CT molecular complexity index is 1410. The van der Waals surface area contributed by atoms with Gasteiger partial charge in [-0.1, -0.05) is 13.3 Å². The molecule has 0 saturated carbocycles. The van der Waals surface area contributed by atoms with E-state index >= 15 is 0 Å². The first kappa shape index (κ1) is 27.3. The van der Waals surface area contributed by atoms with E-state index in [-0.39, 0.29) is 23.3 Å². The van der Waals surface area contributed by atoms with Gasteiger partial charge in [-0.25, -0.2) is 25.9 Å². The molecule has 5 rings (SSSR count). The minimum absolute atomic E-state index is 0.0275. The highest BCUT2D eigenvalue weighted by Crippen LogP contribution is 2.36. The molecule has 40 heavy (non-hydrogen) atoms. The van der Waals surface area contributed by atoms with Crippen molar-refractivity contribution in [3.63, 3.8) is 0 Å². The van der Waals surface area contributed by atoms with Crippen LogP contribution in [0, 0.1) is 0 Å². The number of benzene rings is 1. The highest BCUT2D eigenvalue weighted by Gasteiger charge is 2.31. The number of nitrogens with zero attached hydrogens (tertiary/aromatic N) is 5. The zero-order chi connectivity index (χ0) is 28.2. The van der Waals surface area contributed by atoms with Gasteiger partial charge in [0.1, 0.15) is 29.1 Å². The van der Waals surface area contributed by atoms with Crippen molar-refractivity contribution in [3.05, 3.63) is 52.2 Å². The van der Waals surface area contributed by atoms with Crippen LogP contribution in [0.4, 0.5) is 11.6 Å². The number of hydrazine groups is 1. The third-order valence-corrected chi connectivity index (χ3v) is 7.05. The van der Waals surface area contributed by atoms with Crippen LogP contribution in [-0.4, -0.2) is 63.9 Å². The summed E-state index contributed by atoms with van der Waals surface area (Å²) in [5, 5.41) is 10.5. The van der Waals surface area contributed by atoms with Gasteiger partial charge in [0.05, 0.1) is 29.5 Å². The first-order valence-electron chi connectivity index (χ1n) is 13.5. The van der Waals surface area contributed by atoms with E-state index in [4.69, 9.17) is 19.7 Å². The number of anilines is 2. The molecule has 13 nitrogen and oxygen atoms in total. The number of fused-ring (bicyclic) bond motifs is 1. The first-order valence-corrected chi connectivity index (χ1v) is 13.5. The van der Waals surface area contributed by atoms with Crippen molar-refractivity contribution in [1.29, 1.82) is 0 Å². The van der Waals surface area contributed by atoms with Crippen molar-refractivity contribution < 1.29 is 19.5 Å². The summed E-state index contributed by atoms with van der Waals surface area (Å²) in [6.45, 7) is 5.85. The van der Waals surface area contributed by atoms with Gasteiger partial charge in [-0.3, -0.25) is 14.8 Å². The normalized spacial score (nSPS) is 17.1. The van der Waals surface area contributed by atoms with E-state index in [9.17, 15) is 9.59 Å². The number of carbonyl (C=O) groups is 1. The van der Waals surface area contributed by atoms with Gasteiger partial charge >= 0.3 is 0 Å². The molecular weight excluding hydrogens is 516 g/mol. The van der Waals surface area contributed by atoms with Crippen LogP contribution in [0.2, 0.25) is 0 Å². The maximum absolute atomic E-state index is 13.1. The number of ether oxygens (including phenoxy) is 2. The Morgan fingerprint density at radius 1 is 1.20 bits per heavy atom. The molecule has 2 aromatic heterocycles. The van der Waals surface area contributed by atoms with Crippen LogP contribution in [0.3, 0.4) is 0 Å². The summed E-state index contributed by atoms with van der Waals surface area (Å²) >= 11 is 0. The number of piperidine rings is 1. The lowest BCUT2D eigenvalue weighted by molar-refractivity contribution is 0.0705. The predicted molar refractivity (Wildman–Crippen MR) is 148 cm³/mol. The lowest BCUT2D eigenvalue weighted by atomic mass is 10.1. The lowest BCUT2D eigenvalue weighted by Crippen LogP contribution is -2.39. The van der Waals surface area contributed by atoms with Gasteiger partial charge in [0.25, 0.3) is 11.5 Å². The van der Waals surface area contributed by atoms with Gasteiger partial charge in [-0.2, -0.15) is 0 Å². The van der Waals surface area contributed by atoms with Crippen molar-refractivity contribution >= 4 is 17.5 Å². The smallest absolute Gasteiger partial charge is 0.277 e. The molecular formula is C27H34N8O5. The number of hydrogen-bond acceptors (Lipinski definition) is 11. The van der Waals surface area contributed by atoms with Gasteiger partial charge in [0.15, 0.2) is 0 Å². The molecule has 4 N–H and O–H groups in total. The van der Waals surface area contributed by atoms with Crippen LogP contribution < -0.4 is 35.8 Å². The van der Waals surface area contributed by atoms with Crippen molar-refractivity contribution in [2.75, 3.05) is 36.7 Å². The van der Waals surface area contributed by atoms with E-state index in [0.717, 1.165) is 31.4 Å². The molecule has 2 aliphatic rings. The van der Waals surface area contributed by atoms with Crippen LogP contribution >= 0.6 is 0 Å². The Morgan fingerprint density at radius 2 is 1.95 bits per heavy atom. The van der Waals surface area contributed by atoms with Crippen LogP contribution in [0.15, 0.2) is 35.4 Å². The molecule has 1 atom stereocenters. The monoisotopic (exact) mass is 550 g/mol. The molecule has 3 aromatic rings. The number of carbonyl (C=O) groups excluding carboxylic acids is 1. The van der Waals surface area contributed by atoms with Crippen molar-refractivity contribution in [2.45, 2.75) is 51.7 Å². The fraction of sp³-hybridized carbons (Fsp3) is 0.444. The van der Waals surface area contributed by atoms with Gasteiger partial charge in [0.2, 0.25) is 5.95 Å². The number of aromatic amines is 1.